The molecule has 1 aromatic carbocycles. The molecule has 0 saturated heterocycles. The number of fused-ring (bicyclic) bond motifs is 2. The zero-order valence-corrected chi connectivity index (χ0v) is 26.0. The molecule has 2 aromatic heterocycles. The van der Waals surface area contributed by atoms with E-state index >= 15 is 0 Å². The number of rotatable bonds is 8. The summed E-state index contributed by atoms with van der Waals surface area (Å²) in [5.74, 6) is -2.04. The van der Waals surface area contributed by atoms with Crippen LogP contribution in [0, 0.1) is 6.92 Å². The molecule has 2 unspecified atom stereocenters. The number of nitrogens with zero attached hydrogens (tertiary/aromatic N) is 5. The number of hydrogen-bond donors (Lipinski definition) is 1. The highest BCUT2D eigenvalue weighted by atomic mass is 35.5. The van der Waals surface area contributed by atoms with Crippen molar-refractivity contribution in [1.29, 1.82) is 0 Å². The highest BCUT2D eigenvalue weighted by molar-refractivity contribution is 7.12. The molecule has 3 heterocycles. The van der Waals surface area contributed by atoms with Crippen LogP contribution in [0.2, 0.25) is 10.0 Å². The highest BCUT2D eigenvalue weighted by Gasteiger charge is 2.48. The topological polar surface area (TPSA) is 102 Å². The van der Waals surface area contributed by atoms with Crippen molar-refractivity contribution in [2.75, 3.05) is 6.61 Å². The maximum atomic E-state index is 14.2. The van der Waals surface area contributed by atoms with E-state index in [0.29, 0.717) is 46.0 Å². The standard InChI is InChI=1S/C29H32Cl2F2N6O3S/c1-16-34-24-8-7-20(14-38(24)37-16)39(25(40)15-42-21-10-17(30)9-18(31)11-21)26(27(41)35-19-12-29(32,33)13-19)28-36-22-5-3-2-4-6-23(22)43-28/h9-11,19-20,26H,2-8,12-15H2,1H3,(H,35,41). The Morgan fingerprint density at radius 3 is 2.63 bits per heavy atom. The van der Waals surface area contributed by atoms with E-state index in [1.165, 1.54) is 16.2 Å². The maximum absolute atomic E-state index is 14.2. The summed E-state index contributed by atoms with van der Waals surface area (Å²) in [6.45, 7) is 1.73. The lowest BCUT2D eigenvalue weighted by atomic mass is 9.88. The second-order valence-electron chi connectivity index (χ2n) is 11.5. The average molecular weight is 654 g/mol. The molecule has 230 valence electrons. The van der Waals surface area contributed by atoms with Crippen LogP contribution in [0.15, 0.2) is 18.2 Å². The Bertz CT molecular complexity index is 1480. The van der Waals surface area contributed by atoms with E-state index in [4.69, 9.17) is 32.9 Å². The van der Waals surface area contributed by atoms with Crippen molar-refractivity contribution in [2.24, 2.45) is 0 Å². The summed E-state index contributed by atoms with van der Waals surface area (Å²) in [7, 11) is 0. The summed E-state index contributed by atoms with van der Waals surface area (Å²) >= 11 is 13.7. The predicted octanol–water partition coefficient (Wildman–Crippen LogP) is 5.50. The molecule has 9 nitrogen and oxygen atoms in total. The van der Waals surface area contributed by atoms with Gasteiger partial charge in [0.15, 0.2) is 12.6 Å². The third-order valence-corrected chi connectivity index (χ3v) is 9.77. The number of ether oxygens (including phenoxy) is 1. The summed E-state index contributed by atoms with van der Waals surface area (Å²) in [5, 5.41) is 8.48. The lowest BCUT2D eigenvalue weighted by Gasteiger charge is -2.40. The first-order chi connectivity index (χ1) is 20.5. The Morgan fingerprint density at radius 2 is 1.88 bits per heavy atom. The Morgan fingerprint density at radius 1 is 1.14 bits per heavy atom. The fourth-order valence-corrected chi connectivity index (χ4v) is 7.86. The third-order valence-electron chi connectivity index (χ3n) is 8.13. The number of carbonyl (C=O) groups excluding carboxylic acids is 2. The van der Waals surface area contributed by atoms with E-state index in [9.17, 15) is 18.4 Å². The van der Waals surface area contributed by atoms with Gasteiger partial charge in [-0.1, -0.05) is 29.6 Å². The molecule has 0 bridgehead atoms. The lowest BCUT2D eigenvalue weighted by molar-refractivity contribution is -0.148. The number of benzene rings is 1. The van der Waals surface area contributed by atoms with Crippen LogP contribution in [0.3, 0.4) is 0 Å². The fraction of sp³-hybridized carbons (Fsp3) is 0.552. The first-order valence-corrected chi connectivity index (χ1v) is 16.1. The maximum Gasteiger partial charge on any atom is 0.261 e. The van der Waals surface area contributed by atoms with Gasteiger partial charge >= 0.3 is 0 Å². The van der Waals surface area contributed by atoms with Crippen LogP contribution < -0.4 is 10.1 Å². The van der Waals surface area contributed by atoms with Crippen LogP contribution in [0.4, 0.5) is 8.78 Å². The monoisotopic (exact) mass is 652 g/mol. The van der Waals surface area contributed by atoms with Gasteiger partial charge in [-0.05, 0) is 57.2 Å². The van der Waals surface area contributed by atoms with E-state index in [1.807, 2.05) is 0 Å². The first kappa shape index (κ1) is 30.2. The molecule has 0 radical (unpaired) electrons. The number of hydrogen-bond acceptors (Lipinski definition) is 7. The second kappa shape index (κ2) is 12.3. The zero-order chi connectivity index (χ0) is 30.3. The summed E-state index contributed by atoms with van der Waals surface area (Å²) in [5.41, 5.74) is 0.945. The van der Waals surface area contributed by atoms with Gasteiger partial charge in [-0.25, -0.2) is 23.4 Å². The quantitative estimate of drug-likeness (QED) is 0.323. The lowest BCUT2D eigenvalue weighted by Crippen LogP contribution is -2.56. The minimum absolute atomic E-state index is 0.308. The number of thiazole rings is 1. The van der Waals surface area contributed by atoms with Gasteiger partial charge in [0, 0.05) is 40.2 Å². The summed E-state index contributed by atoms with van der Waals surface area (Å²) in [4.78, 5) is 40.2. The highest BCUT2D eigenvalue weighted by Crippen LogP contribution is 2.39. The molecule has 2 aliphatic carbocycles. The van der Waals surface area contributed by atoms with Gasteiger partial charge in [0.25, 0.3) is 11.8 Å². The van der Waals surface area contributed by atoms with Crippen molar-refractivity contribution in [1.82, 2.24) is 30.0 Å². The van der Waals surface area contributed by atoms with Crippen LogP contribution in [-0.2, 0) is 35.4 Å². The first-order valence-electron chi connectivity index (χ1n) is 14.5. The Hall–Kier alpha value is -2.83. The van der Waals surface area contributed by atoms with Gasteiger partial charge in [-0.3, -0.25) is 9.59 Å². The van der Waals surface area contributed by atoms with Crippen molar-refractivity contribution in [2.45, 2.75) is 95.3 Å². The molecule has 14 heteroatoms. The summed E-state index contributed by atoms with van der Waals surface area (Å²) < 4.78 is 35.0. The number of amides is 2. The number of carbonyl (C=O) groups is 2. The van der Waals surface area contributed by atoms with Gasteiger partial charge in [0.2, 0.25) is 5.91 Å². The smallest absolute Gasteiger partial charge is 0.261 e. The molecule has 3 aliphatic rings. The number of halogens is 4. The molecule has 3 aromatic rings. The van der Waals surface area contributed by atoms with Crippen LogP contribution in [-0.4, -0.2) is 61.1 Å². The number of aryl methyl sites for hydroxylation is 4. The molecule has 0 spiro atoms. The van der Waals surface area contributed by atoms with E-state index in [2.05, 4.69) is 15.4 Å². The zero-order valence-electron chi connectivity index (χ0n) is 23.6. The summed E-state index contributed by atoms with van der Waals surface area (Å²) in [6.07, 6.45) is 5.00. The van der Waals surface area contributed by atoms with Crippen molar-refractivity contribution in [3.8, 4) is 5.75 Å². The van der Waals surface area contributed by atoms with Gasteiger partial charge in [-0.15, -0.1) is 11.3 Å². The van der Waals surface area contributed by atoms with Crippen molar-refractivity contribution in [3.05, 3.63) is 55.5 Å². The van der Waals surface area contributed by atoms with Crippen molar-refractivity contribution >= 4 is 46.4 Å². The van der Waals surface area contributed by atoms with E-state index in [0.717, 1.165) is 48.5 Å². The van der Waals surface area contributed by atoms with Crippen LogP contribution in [0.25, 0.3) is 0 Å². The molecule has 2 atom stereocenters. The Labute approximate surface area is 261 Å². The molecular weight excluding hydrogens is 621 g/mol. The number of aromatic nitrogens is 4. The molecule has 6 rings (SSSR count). The van der Waals surface area contributed by atoms with Crippen molar-refractivity contribution < 1.29 is 23.1 Å². The molecule has 1 saturated carbocycles. The third kappa shape index (κ3) is 6.81. The van der Waals surface area contributed by atoms with E-state index in [1.54, 1.807) is 29.8 Å². The molecule has 2 amide bonds. The van der Waals surface area contributed by atoms with Crippen LogP contribution in [0.1, 0.15) is 71.8 Å². The van der Waals surface area contributed by atoms with Gasteiger partial charge in [0.1, 0.15) is 22.4 Å². The normalized spacial score (nSPS) is 20.3. The fourth-order valence-electron chi connectivity index (χ4n) is 6.10. The minimum atomic E-state index is -2.81. The number of alkyl halides is 2. The molecule has 1 aliphatic heterocycles. The van der Waals surface area contributed by atoms with Gasteiger partial charge in [0.05, 0.1) is 18.3 Å². The largest absolute Gasteiger partial charge is 0.484 e. The van der Waals surface area contributed by atoms with Gasteiger partial charge < -0.3 is 15.0 Å². The predicted molar refractivity (Wildman–Crippen MR) is 158 cm³/mol. The minimum Gasteiger partial charge on any atom is -0.484 e. The average Bonchev–Trinajstić information content (AvgIpc) is 3.42. The molecular formula is C29H32Cl2F2N6O3S. The Kier molecular flexibility index (Phi) is 8.63. The summed E-state index contributed by atoms with van der Waals surface area (Å²) in [6, 6.07) is 2.40. The molecule has 1 fully saturated rings. The van der Waals surface area contributed by atoms with Crippen LogP contribution in [0.5, 0.6) is 5.75 Å². The van der Waals surface area contributed by atoms with Crippen molar-refractivity contribution in [3.63, 3.8) is 0 Å². The molecule has 43 heavy (non-hydrogen) atoms. The van der Waals surface area contributed by atoms with E-state index < -0.39 is 55.3 Å². The van der Waals surface area contributed by atoms with Gasteiger partial charge in [-0.2, -0.15) is 5.10 Å². The second-order valence-corrected chi connectivity index (χ2v) is 13.5. The SMILES string of the molecule is Cc1nc2n(n1)CC(N(C(=O)COc1cc(Cl)cc(Cl)c1)C(C(=O)NC1CC(F)(F)C1)c1nc3c(s1)CCCCC3)CC2. The van der Waals surface area contributed by atoms with Crippen LogP contribution >= 0.6 is 34.5 Å². The number of nitrogens with one attached hydrogen (secondary N) is 1. The molecule has 1 N–H and O–H groups in total. The Balaban J connectivity index is 1.35. The van der Waals surface area contributed by atoms with E-state index in [-0.39, 0.29) is 0 Å².